The number of aliphatic carboxylic acids is 2. The van der Waals surface area contributed by atoms with Crippen LogP contribution in [0.3, 0.4) is 0 Å². The van der Waals surface area contributed by atoms with Crippen LogP contribution in [0.4, 0.5) is 0 Å². The lowest BCUT2D eigenvalue weighted by molar-refractivity contribution is -0.134. The zero-order valence-electron chi connectivity index (χ0n) is 7.02. The van der Waals surface area contributed by atoms with E-state index >= 15 is 0 Å². The molecule has 0 amide bonds. The zero-order chi connectivity index (χ0) is 9.98. The van der Waals surface area contributed by atoms with E-state index < -0.39 is 11.9 Å². The highest BCUT2D eigenvalue weighted by Crippen LogP contribution is 1.70. The van der Waals surface area contributed by atoms with Gasteiger partial charge in [-0.05, 0) is 13.8 Å². The fourth-order valence-corrected chi connectivity index (χ4v) is 0.143. The van der Waals surface area contributed by atoms with Crippen LogP contribution in [-0.4, -0.2) is 22.2 Å². The van der Waals surface area contributed by atoms with Crippen LogP contribution in [0.1, 0.15) is 13.8 Å². The Labute approximate surface area is 70.8 Å². The van der Waals surface area contributed by atoms with Gasteiger partial charge in [-0.3, -0.25) is 0 Å². The first-order valence-corrected chi connectivity index (χ1v) is 3.25. The minimum Gasteiger partial charge on any atom is -0.478 e. The molecule has 0 aliphatic carbocycles. The van der Waals surface area contributed by atoms with Gasteiger partial charge in [-0.25, -0.2) is 9.59 Å². The van der Waals surface area contributed by atoms with Crippen molar-refractivity contribution < 1.29 is 19.8 Å². The summed E-state index contributed by atoms with van der Waals surface area (Å²) in [6, 6.07) is 0. The third kappa shape index (κ3) is 23.7. The molecule has 0 aromatic rings. The summed E-state index contributed by atoms with van der Waals surface area (Å²) < 4.78 is 0. The number of carboxylic acids is 2. The van der Waals surface area contributed by atoms with Crippen LogP contribution in [0.15, 0.2) is 24.3 Å². The first kappa shape index (κ1) is 13.0. The molecule has 4 heteroatoms. The first-order valence-electron chi connectivity index (χ1n) is 3.25. The molecule has 0 heterocycles. The van der Waals surface area contributed by atoms with Crippen molar-refractivity contribution >= 4 is 11.9 Å². The molecule has 0 aliphatic rings. The lowest BCUT2D eigenvalue weighted by Gasteiger charge is -1.74. The number of hydrogen-bond donors (Lipinski definition) is 2. The summed E-state index contributed by atoms with van der Waals surface area (Å²) >= 11 is 0. The van der Waals surface area contributed by atoms with E-state index in [0.29, 0.717) is 12.2 Å². The molecular weight excluding hydrogens is 160 g/mol. The molecule has 12 heavy (non-hydrogen) atoms. The standard InChI is InChI=1S/C4H4O4.C4H8/c5-3(6)1-2-4(7)8;1-3-4-2/h1-2H,(H,5,6)(H,7,8);3-4H,1-2H3/b2-1-;4-3+. The molecular formula is C8H12O4. The first-order chi connectivity index (χ1) is 5.54. The maximum atomic E-state index is 9.55. The molecule has 0 atom stereocenters. The molecule has 2 N–H and O–H groups in total. The van der Waals surface area contributed by atoms with Gasteiger partial charge in [0, 0.05) is 12.2 Å². The van der Waals surface area contributed by atoms with Gasteiger partial charge in [0.05, 0.1) is 0 Å². The van der Waals surface area contributed by atoms with Crippen LogP contribution in [0.5, 0.6) is 0 Å². The van der Waals surface area contributed by atoms with E-state index in [-0.39, 0.29) is 0 Å². The molecule has 0 saturated heterocycles. The van der Waals surface area contributed by atoms with E-state index in [2.05, 4.69) is 0 Å². The molecule has 0 saturated carbocycles. The van der Waals surface area contributed by atoms with Crippen molar-refractivity contribution in [2.75, 3.05) is 0 Å². The lowest BCUT2D eigenvalue weighted by atomic mass is 10.5. The lowest BCUT2D eigenvalue weighted by Crippen LogP contribution is -1.91. The van der Waals surface area contributed by atoms with Crippen molar-refractivity contribution in [2.24, 2.45) is 0 Å². The fraction of sp³-hybridized carbons (Fsp3) is 0.250. The van der Waals surface area contributed by atoms with Crippen molar-refractivity contribution in [2.45, 2.75) is 13.8 Å². The van der Waals surface area contributed by atoms with Gasteiger partial charge in [0.1, 0.15) is 0 Å². The van der Waals surface area contributed by atoms with Gasteiger partial charge >= 0.3 is 11.9 Å². The van der Waals surface area contributed by atoms with Crippen LogP contribution >= 0.6 is 0 Å². The van der Waals surface area contributed by atoms with Gasteiger partial charge in [-0.2, -0.15) is 0 Å². The summed E-state index contributed by atoms with van der Waals surface area (Å²) in [6.07, 6.45) is 5.12. The molecule has 0 spiro atoms. The van der Waals surface area contributed by atoms with Crippen LogP contribution in [0.2, 0.25) is 0 Å². The monoisotopic (exact) mass is 172 g/mol. The van der Waals surface area contributed by atoms with Gasteiger partial charge < -0.3 is 10.2 Å². The van der Waals surface area contributed by atoms with Crippen LogP contribution in [0.25, 0.3) is 0 Å². The van der Waals surface area contributed by atoms with Crippen molar-refractivity contribution in [3.05, 3.63) is 24.3 Å². The number of hydrogen-bond acceptors (Lipinski definition) is 2. The van der Waals surface area contributed by atoms with E-state index in [1.165, 1.54) is 0 Å². The number of allylic oxidation sites excluding steroid dienone is 2. The molecule has 0 unspecified atom stereocenters. The van der Waals surface area contributed by atoms with Gasteiger partial charge in [0.25, 0.3) is 0 Å². The average molecular weight is 172 g/mol. The third-order valence-electron chi connectivity index (χ3n) is 0.702. The maximum absolute atomic E-state index is 9.55. The summed E-state index contributed by atoms with van der Waals surface area (Å²) in [5, 5.41) is 15.6. The quantitative estimate of drug-likeness (QED) is 0.486. The molecule has 0 aromatic heterocycles. The summed E-state index contributed by atoms with van der Waals surface area (Å²) in [4.78, 5) is 19.1. The Morgan fingerprint density at radius 1 is 0.917 bits per heavy atom. The molecule has 0 aromatic carbocycles. The third-order valence-corrected chi connectivity index (χ3v) is 0.702. The van der Waals surface area contributed by atoms with Crippen LogP contribution < -0.4 is 0 Å². The second-order valence-electron chi connectivity index (χ2n) is 1.68. The minimum atomic E-state index is -1.26. The van der Waals surface area contributed by atoms with Gasteiger partial charge in [-0.1, -0.05) is 12.2 Å². The van der Waals surface area contributed by atoms with E-state index in [1.54, 1.807) is 0 Å². The Hall–Kier alpha value is -1.58. The Bertz CT molecular complexity index is 171. The minimum absolute atomic E-state index is 0.558. The van der Waals surface area contributed by atoms with Crippen molar-refractivity contribution in [1.82, 2.24) is 0 Å². The maximum Gasteiger partial charge on any atom is 0.328 e. The van der Waals surface area contributed by atoms with Gasteiger partial charge in [0.2, 0.25) is 0 Å². The molecule has 0 fully saturated rings. The highest BCUT2D eigenvalue weighted by atomic mass is 16.4. The summed E-state index contributed by atoms with van der Waals surface area (Å²) in [5.41, 5.74) is 0. The topological polar surface area (TPSA) is 74.6 Å². The van der Waals surface area contributed by atoms with Crippen molar-refractivity contribution in [3.8, 4) is 0 Å². The fourth-order valence-electron chi connectivity index (χ4n) is 0.143. The zero-order valence-corrected chi connectivity index (χ0v) is 7.02. The molecule has 0 radical (unpaired) electrons. The largest absolute Gasteiger partial charge is 0.478 e. The summed E-state index contributed by atoms with van der Waals surface area (Å²) in [7, 11) is 0. The van der Waals surface area contributed by atoms with Gasteiger partial charge in [0.15, 0.2) is 0 Å². The van der Waals surface area contributed by atoms with E-state index in [0.717, 1.165) is 0 Å². The van der Waals surface area contributed by atoms with E-state index in [4.69, 9.17) is 10.2 Å². The normalized spacial score (nSPS) is 9.50. The number of rotatable bonds is 2. The Kier molecular flexibility index (Phi) is 10.2. The molecule has 0 rings (SSSR count). The predicted molar refractivity (Wildman–Crippen MR) is 44.9 cm³/mol. The second kappa shape index (κ2) is 9.42. The SMILES string of the molecule is C/C=C/C.O=C(O)/C=C\C(=O)O. The second-order valence-corrected chi connectivity index (χ2v) is 1.68. The molecule has 4 nitrogen and oxygen atoms in total. The molecule has 68 valence electrons. The van der Waals surface area contributed by atoms with E-state index in [9.17, 15) is 9.59 Å². The van der Waals surface area contributed by atoms with E-state index in [1.807, 2.05) is 26.0 Å². The average Bonchev–Trinajstić information content (AvgIpc) is 2.01. The van der Waals surface area contributed by atoms with Crippen molar-refractivity contribution in [1.29, 1.82) is 0 Å². The van der Waals surface area contributed by atoms with Crippen LogP contribution in [0, 0.1) is 0 Å². The number of carbonyl (C=O) groups is 2. The highest BCUT2D eigenvalue weighted by molar-refractivity contribution is 5.89. The molecule has 0 aliphatic heterocycles. The summed E-state index contributed by atoms with van der Waals surface area (Å²) in [6.45, 7) is 4.00. The van der Waals surface area contributed by atoms with Crippen LogP contribution in [-0.2, 0) is 9.59 Å². The van der Waals surface area contributed by atoms with Gasteiger partial charge in [-0.15, -0.1) is 0 Å². The predicted octanol–water partition coefficient (Wildman–Crippen LogP) is 1.29. The Morgan fingerprint density at radius 3 is 1.25 bits per heavy atom. The highest BCUT2D eigenvalue weighted by Gasteiger charge is 1.88. The number of carboxylic acid groups (broad SMARTS) is 2. The Morgan fingerprint density at radius 2 is 1.17 bits per heavy atom. The molecule has 0 bridgehead atoms. The Balaban J connectivity index is 0. The smallest absolute Gasteiger partial charge is 0.328 e. The summed E-state index contributed by atoms with van der Waals surface area (Å²) in [5.74, 6) is -2.51. The van der Waals surface area contributed by atoms with Crippen molar-refractivity contribution in [3.63, 3.8) is 0 Å².